The van der Waals surface area contributed by atoms with Gasteiger partial charge in [-0.1, -0.05) is 97.1 Å². The molecule has 220 valence electrons. The van der Waals surface area contributed by atoms with Gasteiger partial charge in [-0.15, -0.1) is 0 Å². The first-order chi connectivity index (χ1) is 23.3. The number of para-hydroxylation sites is 6. The minimum Gasteiger partial charge on any atom is -0.307 e. The van der Waals surface area contributed by atoms with E-state index in [0.29, 0.717) is 0 Å². The highest BCUT2D eigenvalue weighted by atomic mass is 15.1. The van der Waals surface area contributed by atoms with E-state index >= 15 is 0 Å². The van der Waals surface area contributed by atoms with E-state index < -0.39 is 0 Å². The molecule has 0 aliphatic carbocycles. The van der Waals surface area contributed by atoms with Gasteiger partial charge in [-0.05, 0) is 72.8 Å². The summed E-state index contributed by atoms with van der Waals surface area (Å²) in [5, 5.41) is 4.97. The molecule has 0 aliphatic heterocycles. The zero-order valence-electron chi connectivity index (χ0n) is 25.5. The maximum atomic E-state index is 5.11. The van der Waals surface area contributed by atoms with E-state index in [9.17, 15) is 0 Å². The molecule has 0 fully saturated rings. The first kappa shape index (κ1) is 25.9. The van der Waals surface area contributed by atoms with Crippen molar-refractivity contribution >= 4 is 54.6 Å². The fourth-order valence-electron chi connectivity index (χ4n) is 7.43. The van der Waals surface area contributed by atoms with Gasteiger partial charge in [0.05, 0.1) is 33.1 Å². The Labute approximate surface area is 271 Å². The summed E-state index contributed by atoms with van der Waals surface area (Å²) in [6.45, 7) is 0. The first-order valence-corrected chi connectivity index (χ1v) is 16.0. The van der Waals surface area contributed by atoms with Crippen LogP contribution in [-0.2, 0) is 0 Å². The lowest BCUT2D eigenvalue weighted by Gasteiger charge is -2.13. The number of aromatic nitrogens is 4. The molecule has 0 atom stereocenters. The molecule has 0 spiro atoms. The van der Waals surface area contributed by atoms with Crippen molar-refractivity contribution in [3.63, 3.8) is 0 Å². The average molecular weight is 601 g/mol. The third kappa shape index (κ3) is 3.79. The molecule has 0 bridgehead atoms. The SMILES string of the molecule is c1ccc(-n2c(-c3ccc(-n4c5ccccc5c5ccc6c7ccccc7n(-c7ccccc7)c6c54)cc3)nc3ccccc32)cc1. The second kappa shape index (κ2) is 10.1. The maximum Gasteiger partial charge on any atom is 0.145 e. The molecule has 7 aromatic carbocycles. The second-order valence-corrected chi connectivity index (χ2v) is 12.0. The molecule has 3 aromatic heterocycles. The molecule has 0 N–H and O–H groups in total. The van der Waals surface area contributed by atoms with E-state index in [4.69, 9.17) is 4.98 Å². The van der Waals surface area contributed by atoms with Crippen LogP contribution in [0.5, 0.6) is 0 Å². The van der Waals surface area contributed by atoms with Gasteiger partial charge in [0.2, 0.25) is 0 Å². The summed E-state index contributed by atoms with van der Waals surface area (Å²) in [5.74, 6) is 0.928. The molecule has 0 aliphatic rings. The highest BCUT2D eigenvalue weighted by Crippen LogP contribution is 2.42. The van der Waals surface area contributed by atoms with E-state index in [2.05, 4.69) is 184 Å². The number of benzene rings is 7. The third-order valence-electron chi connectivity index (χ3n) is 9.44. The monoisotopic (exact) mass is 600 g/mol. The minimum absolute atomic E-state index is 0.928. The first-order valence-electron chi connectivity index (χ1n) is 16.0. The number of hydrogen-bond acceptors (Lipinski definition) is 1. The quantitative estimate of drug-likeness (QED) is 0.197. The largest absolute Gasteiger partial charge is 0.307 e. The number of hydrogen-bond donors (Lipinski definition) is 0. The van der Waals surface area contributed by atoms with Gasteiger partial charge in [0.1, 0.15) is 5.82 Å². The Morgan fingerprint density at radius 1 is 0.319 bits per heavy atom. The van der Waals surface area contributed by atoms with E-state index in [1.54, 1.807) is 0 Å². The Balaban J connectivity index is 1.26. The molecule has 10 aromatic rings. The van der Waals surface area contributed by atoms with Crippen molar-refractivity contribution in [3.05, 3.63) is 170 Å². The van der Waals surface area contributed by atoms with E-state index in [1.165, 1.54) is 43.6 Å². The Bertz CT molecular complexity index is 2760. The molecule has 47 heavy (non-hydrogen) atoms. The van der Waals surface area contributed by atoms with Crippen LogP contribution < -0.4 is 0 Å². The normalized spacial score (nSPS) is 11.8. The summed E-state index contributed by atoms with van der Waals surface area (Å²) in [5.41, 5.74) is 11.3. The van der Waals surface area contributed by atoms with Crippen molar-refractivity contribution in [3.8, 4) is 28.5 Å². The molecular weight excluding hydrogens is 573 g/mol. The van der Waals surface area contributed by atoms with Crippen LogP contribution >= 0.6 is 0 Å². The van der Waals surface area contributed by atoms with Crippen LogP contribution in [0.4, 0.5) is 0 Å². The fourth-order valence-corrected chi connectivity index (χ4v) is 7.43. The van der Waals surface area contributed by atoms with Gasteiger partial charge >= 0.3 is 0 Å². The molecule has 10 rings (SSSR count). The van der Waals surface area contributed by atoms with Gasteiger partial charge in [0.25, 0.3) is 0 Å². The zero-order valence-corrected chi connectivity index (χ0v) is 25.5. The molecule has 0 saturated carbocycles. The Kier molecular flexibility index (Phi) is 5.54. The predicted molar refractivity (Wildman–Crippen MR) is 195 cm³/mol. The highest BCUT2D eigenvalue weighted by molar-refractivity contribution is 6.23. The van der Waals surface area contributed by atoms with Gasteiger partial charge in [-0.3, -0.25) is 4.57 Å². The lowest BCUT2D eigenvalue weighted by atomic mass is 10.1. The summed E-state index contributed by atoms with van der Waals surface area (Å²) >= 11 is 0. The Morgan fingerprint density at radius 2 is 0.766 bits per heavy atom. The highest BCUT2D eigenvalue weighted by Gasteiger charge is 2.21. The van der Waals surface area contributed by atoms with Crippen LogP contribution in [-0.4, -0.2) is 18.7 Å². The van der Waals surface area contributed by atoms with Crippen LogP contribution in [0.1, 0.15) is 0 Å². The molecule has 4 heteroatoms. The molecule has 0 radical (unpaired) electrons. The summed E-state index contributed by atoms with van der Waals surface area (Å²) < 4.78 is 7.13. The van der Waals surface area contributed by atoms with Gasteiger partial charge in [-0.2, -0.15) is 0 Å². The average Bonchev–Trinajstić information content (AvgIpc) is 3.81. The number of rotatable bonds is 4. The van der Waals surface area contributed by atoms with Gasteiger partial charge in [0.15, 0.2) is 0 Å². The van der Waals surface area contributed by atoms with Gasteiger partial charge in [-0.25, -0.2) is 4.98 Å². The van der Waals surface area contributed by atoms with Crippen LogP contribution in [0.25, 0.3) is 83.1 Å². The van der Waals surface area contributed by atoms with Crippen molar-refractivity contribution in [2.75, 3.05) is 0 Å². The van der Waals surface area contributed by atoms with Crippen molar-refractivity contribution in [1.82, 2.24) is 18.7 Å². The van der Waals surface area contributed by atoms with E-state index in [1.807, 2.05) is 0 Å². The van der Waals surface area contributed by atoms with Crippen LogP contribution in [0, 0.1) is 0 Å². The lowest BCUT2D eigenvalue weighted by Crippen LogP contribution is -1.99. The molecule has 0 saturated heterocycles. The smallest absolute Gasteiger partial charge is 0.145 e. The molecule has 4 nitrogen and oxygen atoms in total. The second-order valence-electron chi connectivity index (χ2n) is 12.0. The van der Waals surface area contributed by atoms with E-state index in [-0.39, 0.29) is 0 Å². The van der Waals surface area contributed by atoms with E-state index in [0.717, 1.165) is 39.5 Å². The maximum absolute atomic E-state index is 5.11. The molecule has 0 amide bonds. The Morgan fingerprint density at radius 3 is 1.34 bits per heavy atom. The van der Waals surface area contributed by atoms with Crippen LogP contribution in [0.2, 0.25) is 0 Å². The molecule has 3 heterocycles. The van der Waals surface area contributed by atoms with Crippen molar-refractivity contribution in [2.24, 2.45) is 0 Å². The third-order valence-corrected chi connectivity index (χ3v) is 9.44. The summed E-state index contributed by atoms with van der Waals surface area (Å²) in [6.07, 6.45) is 0. The Hall–Kier alpha value is -6.39. The van der Waals surface area contributed by atoms with Crippen LogP contribution in [0.15, 0.2) is 170 Å². The summed E-state index contributed by atoms with van der Waals surface area (Å²) in [7, 11) is 0. The number of nitrogens with zero attached hydrogens (tertiary/aromatic N) is 4. The topological polar surface area (TPSA) is 27.7 Å². The predicted octanol–water partition coefficient (Wildman–Crippen LogP) is 10.9. The standard InChI is InChI=1S/C43H28N4/c1-3-13-30(14-4-1)45-38-20-10-7-17-33(38)35-27-28-36-34-18-8-11-21-39(34)46(42(36)41(35)45)32-25-23-29(24-26-32)43-44-37-19-9-12-22-40(37)47(43)31-15-5-2-6-16-31/h1-28H. The van der Waals surface area contributed by atoms with Gasteiger partial charge in [0, 0.05) is 44.2 Å². The number of fused-ring (bicyclic) bond motifs is 8. The van der Waals surface area contributed by atoms with Crippen molar-refractivity contribution in [1.29, 1.82) is 0 Å². The number of imidazole rings is 1. The van der Waals surface area contributed by atoms with Crippen molar-refractivity contribution in [2.45, 2.75) is 0 Å². The molecular formula is C43H28N4. The minimum atomic E-state index is 0.928. The van der Waals surface area contributed by atoms with Gasteiger partial charge < -0.3 is 9.13 Å². The fraction of sp³-hybridized carbons (Fsp3) is 0. The summed E-state index contributed by atoms with van der Waals surface area (Å²) in [4.78, 5) is 5.11. The van der Waals surface area contributed by atoms with Crippen molar-refractivity contribution < 1.29 is 0 Å². The molecule has 0 unspecified atom stereocenters. The lowest BCUT2D eigenvalue weighted by molar-refractivity contribution is 1.10. The zero-order chi connectivity index (χ0) is 30.9. The van der Waals surface area contributed by atoms with Crippen LogP contribution in [0.3, 0.4) is 0 Å². The summed E-state index contributed by atoms with van der Waals surface area (Å²) in [6, 6.07) is 60.6.